The zero-order chi connectivity index (χ0) is 13.1. The van der Waals surface area contributed by atoms with Crippen LogP contribution in [-0.2, 0) is 14.8 Å². The summed E-state index contributed by atoms with van der Waals surface area (Å²) in [6.07, 6.45) is 0. The minimum atomic E-state index is -3.43. The fraction of sp³-hybridized carbons (Fsp3) is 0.889. The Bertz CT molecular complexity index is 316. The van der Waals surface area contributed by atoms with E-state index < -0.39 is 10.0 Å². The highest BCUT2D eigenvalue weighted by Crippen LogP contribution is 1.79. The molecular weight excluding hydrogens is 244 g/mol. The fourth-order valence-corrected chi connectivity index (χ4v) is 1.41. The number of nitrogens with one attached hydrogen (secondary N) is 2. The predicted molar refractivity (Wildman–Crippen MR) is 68.4 cm³/mol. The second-order valence-electron chi connectivity index (χ2n) is 3.25. The number of guanidine groups is 1. The molecule has 7 nitrogen and oxygen atoms in total. The quantitative estimate of drug-likeness (QED) is 0.293. The van der Waals surface area contributed by atoms with Crippen LogP contribution in [0.25, 0.3) is 0 Å². The number of sulfonamides is 1. The number of aliphatic imine (C=N–C) groups is 1. The van der Waals surface area contributed by atoms with E-state index in [0.717, 1.165) is 0 Å². The van der Waals surface area contributed by atoms with Gasteiger partial charge >= 0.3 is 0 Å². The van der Waals surface area contributed by atoms with Gasteiger partial charge in [-0.3, -0.25) is 4.99 Å². The highest BCUT2D eigenvalue weighted by atomic mass is 32.2. The van der Waals surface area contributed by atoms with E-state index in [0.29, 0.717) is 32.3 Å². The Hall–Kier alpha value is -0.860. The maximum atomic E-state index is 10.7. The smallest absolute Gasteiger partial charge is 0.210 e. The van der Waals surface area contributed by atoms with Gasteiger partial charge in [0, 0.05) is 19.7 Å². The van der Waals surface area contributed by atoms with Crippen LogP contribution in [0.5, 0.6) is 0 Å². The first-order valence-corrected chi connectivity index (χ1v) is 7.31. The van der Waals surface area contributed by atoms with Gasteiger partial charge in [-0.05, 0) is 13.8 Å². The lowest BCUT2D eigenvalue weighted by Crippen LogP contribution is -2.40. The number of nitrogens with two attached hydrogens (primary N) is 1. The van der Waals surface area contributed by atoms with E-state index in [-0.39, 0.29) is 12.3 Å². The number of rotatable bonds is 8. The van der Waals surface area contributed by atoms with Crippen molar-refractivity contribution in [3.8, 4) is 0 Å². The molecule has 0 amide bonds. The third kappa shape index (κ3) is 11.4. The summed E-state index contributed by atoms with van der Waals surface area (Å²) in [5.41, 5.74) is 0. The van der Waals surface area contributed by atoms with E-state index in [1.165, 1.54) is 0 Å². The SMILES string of the molecule is CCNC(=NCCOCC)NCCS(N)(=O)=O. The number of ether oxygens (including phenoxy) is 1. The molecule has 0 aliphatic carbocycles. The Kier molecular flexibility index (Phi) is 8.73. The molecule has 0 radical (unpaired) electrons. The molecule has 0 spiro atoms. The zero-order valence-corrected chi connectivity index (χ0v) is 11.2. The second kappa shape index (κ2) is 9.20. The molecule has 0 atom stereocenters. The summed E-state index contributed by atoms with van der Waals surface area (Å²) in [5.74, 6) is 0.443. The molecule has 0 unspecified atom stereocenters. The molecule has 0 saturated carbocycles. The van der Waals surface area contributed by atoms with Gasteiger partial charge in [0.25, 0.3) is 0 Å². The molecule has 0 fully saturated rings. The van der Waals surface area contributed by atoms with Crippen LogP contribution >= 0.6 is 0 Å². The molecule has 0 aromatic carbocycles. The standard InChI is InChI=1S/C9H22N4O3S/c1-3-11-9(12-5-7-16-4-2)13-6-8-17(10,14)15/h3-8H2,1-2H3,(H2,10,14,15)(H2,11,12,13). The number of hydrogen-bond donors (Lipinski definition) is 3. The molecule has 17 heavy (non-hydrogen) atoms. The van der Waals surface area contributed by atoms with Gasteiger partial charge in [-0.15, -0.1) is 0 Å². The average Bonchev–Trinajstić information content (AvgIpc) is 2.22. The van der Waals surface area contributed by atoms with Crippen LogP contribution in [0.2, 0.25) is 0 Å². The summed E-state index contributed by atoms with van der Waals surface area (Å²) in [6, 6.07) is 0. The first-order valence-electron chi connectivity index (χ1n) is 5.60. The van der Waals surface area contributed by atoms with Gasteiger partial charge in [-0.1, -0.05) is 0 Å². The third-order valence-corrected chi connectivity index (χ3v) is 2.51. The van der Waals surface area contributed by atoms with Crippen molar-refractivity contribution in [1.82, 2.24) is 10.6 Å². The van der Waals surface area contributed by atoms with Gasteiger partial charge in [0.15, 0.2) is 5.96 Å². The summed E-state index contributed by atoms with van der Waals surface area (Å²) in [7, 11) is -3.43. The molecule has 0 aromatic rings. The maximum Gasteiger partial charge on any atom is 0.210 e. The van der Waals surface area contributed by atoms with Crippen molar-refractivity contribution in [2.45, 2.75) is 13.8 Å². The minimum absolute atomic E-state index is 0.122. The van der Waals surface area contributed by atoms with E-state index in [1.807, 2.05) is 13.8 Å². The van der Waals surface area contributed by atoms with Crippen molar-refractivity contribution in [3.63, 3.8) is 0 Å². The molecule has 0 bridgehead atoms. The monoisotopic (exact) mass is 266 g/mol. The van der Waals surface area contributed by atoms with Crippen LogP contribution in [0.4, 0.5) is 0 Å². The van der Waals surface area contributed by atoms with Gasteiger partial charge in [-0.2, -0.15) is 0 Å². The maximum absolute atomic E-state index is 10.7. The first-order chi connectivity index (χ1) is 7.99. The Morgan fingerprint density at radius 3 is 2.59 bits per heavy atom. The first kappa shape index (κ1) is 16.1. The molecule has 0 saturated heterocycles. The van der Waals surface area contributed by atoms with Crippen molar-refractivity contribution in [1.29, 1.82) is 0 Å². The van der Waals surface area contributed by atoms with Gasteiger partial charge in [0.05, 0.1) is 18.9 Å². The topological polar surface area (TPSA) is 106 Å². The molecule has 0 aliphatic rings. The van der Waals surface area contributed by atoms with Gasteiger partial charge in [-0.25, -0.2) is 13.6 Å². The van der Waals surface area contributed by atoms with Crippen LogP contribution in [0.15, 0.2) is 4.99 Å². The Morgan fingerprint density at radius 2 is 2.06 bits per heavy atom. The second-order valence-corrected chi connectivity index (χ2v) is 4.99. The molecule has 8 heteroatoms. The lowest BCUT2D eigenvalue weighted by molar-refractivity contribution is 0.155. The van der Waals surface area contributed by atoms with Crippen molar-refractivity contribution in [3.05, 3.63) is 0 Å². The molecule has 4 N–H and O–H groups in total. The molecular formula is C9H22N4O3S. The largest absolute Gasteiger partial charge is 0.380 e. The van der Waals surface area contributed by atoms with Crippen molar-refractivity contribution < 1.29 is 13.2 Å². The Labute approximate surface area is 103 Å². The highest BCUT2D eigenvalue weighted by Gasteiger charge is 2.03. The van der Waals surface area contributed by atoms with Crippen LogP contribution < -0.4 is 15.8 Å². The lowest BCUT2D eigenvalue weighted by Gasteiger charge is -2.10. The molecule has 0 heterocycles. The summed E-state index contributed by atoms with van der Waals surface area (Å²) in [6.45, 7) is 6.51. The van der Waals surface area contributed by atoms with Crippen molar-refractivity contribution >= 4 is 16.0 Å². The number of hydrogen-bond acceptors (Lipinski definition) is 4. The van der Waals surface area contributed by atoms with Crippen LogP contribution in [-0.4, -0.2) is 53.0 Å². The molecule has 0 rings (SSSR count). The number of primary sulfonamides is 1. The fourth-order valence-electron chi connectivity index (χ4n) is 1.02. The predicted octanol–water partition coefficient (Wildman–Crippen LogP) is -1.13. The zero-order valence-electron chi connectivity index (χ0n) is 10.4. The van der Waals surface area contributed by atoms with E-state index in [1.54, 1.807) is 0 Å². The summed E-state index contributed by atoms with van der Waals surface area (Å²) < 4.78 is 26.6. The molecule has 102 valence electrons. The highest BCUT2D eigenvalue weighted by molar-refractivity contribution is 7.89. The van der Waals surface area contributed by atoms with Crippen molar-refractivity contribution in [2.75, 3.05) is 38.6 Å². The van der Waals surface area contributed by atoms with E-state index in [4.69, 9.17) is 9.88 Å². The third-order valence-electron chi connectivity index (χ3n) is 1.73. The average molecular weight is 266 g/mol. The van der Waals surface area contributed by atoms with Gasteiger partial charge in [0.2, 0.25) is 10.0 Å². The summed E-state index contributed by atoms with van der Waals surface area (Å²) in [4.78, 5) is 4.20. The lowest BCUT2D eigenvalue weighted by atomic mass is 10.6. The van der Waals surface area contributed by atoms with Crippen LogP contribution in [0.3, 0.4) is 0 Å². The summed E-state index contributed by atoms with van der Waals surface area (Å²) in [5, 5.41) is 10.8. The molecule has 0 aliphatic heterocycles. The Morgan fingerprint density at radius 1 is 1.35 bits per heavy atom. The summed E-state index contributed by atoms with van der Waals surface area (Å²) >= 11 is 0. The normalized spacial score (nSPS) is 12.5. The minimum Gasteiger partial charge on any atom is -0.380 e. The van der Waals surface area contributed by atoms with Crippen molar-refractivity contribution in [2.24, 2.45) is 10.1 Å². The van der Waals surface area contributed by atoms with Gasteiger partial charge in [0.1, 0.15) is 0 Å². The van der Waals surface area contributed by atoms with Gasteiger partial charge < -0.3 is 15.4 Å². The van der Waals surface area contributed by atoms with E-state index >= 15 is 0 Å². The van der Waals surface area contributed by atoms with Crippen LogP contribution in [0, 0.1) is 0 Å². The number of nitrogens with zero attached hydrogens (tertiary/aromatic N) is 1. The van der Waals surface area contributed by atoms with E-state index in [9.17, 15) is 8.42 Å². The van der Waals surface area contributed by atoms with Crippen LogP contribution in [0.1, 0.15) is 13.8 Å². The van der Waals surface area contributed by atoms with E-state index in [2.05, 4.69) is 15.6 Å². The molecule has 0 aromatic heterocycles. The Balaban J connectivity index is 3.96.